The number of rotatable bonds is 5. The second kappa shape index (κ2) is 6.83. The molecule has 0 saturated carbocycles. The van der Waals surface area contributed by atoms with Gasteiger partial charge in [0.1, 0.15) is 11.5 Å². The monoisotopic (exact) mass is 324 g/mol. The number of carbonyl (C=O) groups excluding carboxylic acids is 1. The van der Waals surface area contributed by atoms with Crippen molar-refractivity contribution < 1.29 is 14.3 Å². The molecule has 0 heterocycles. The van der Waals surface area contributed by atoms with Gasteiger partial charge >= 0.3 is 0 Å². The van der Waals surface area contributed by atoms with E-state index in [2.05, 4.69) is 0 Å². The molecule has 0 aliphatic rings. The van der Waals surface area contributed by atoms with Crippen LogP contribution in [0.5, 0.6) is 11.5 Å². The Morgan fingerprint density at radius 1 is 1.05 bits per heavy atom. The molecule has 0 fully saturated rings. The third-order valence-electron chi connectivity index (χ3n) is 3.08. The summed E-state index contributed by atoms with van der Waals surface area (Å²) in [6.45, 7) is 0. The summed E-state index contributed by atoms with van der Waals surface area (Å²) in [6.07, 6.45) is 0.179. The first-order valence-electron chi connectivity index (χ1n) is 6.24. The van der Waals surface area contributed by atoms with Crippen LogP contribution in [0.1, 0.15) is 15.9 Å². The normalized spacial score (nSPS) is 10.3. The lowest BCUT2D eigenvalue weighted by molar-refractivity contribution is 0.0990. The van der Waals surface area contributed by atoms with Crippen molar-refractivity contribution in [2.45, 2.75) is 6.42 Å². The van der Waals surface area contributed by atoms with Crippen LogP contribution in [0.3, 0.4) is 0 Å². The average molecular weight is 325 g/mol. The number of hydrogen-bond acceptors (Lipinski definition) is 3. The molecule has 0 bridgehead atoms. The van der Waals surface area contributed by atoms with Gasteiger partial charge in [0.2, 0.25) is 0 Å². The van der Waals surface area contributed by atoms with Gasteiger partial charge in [0.05, 0.1) is 19.8 Å². The fourth-order valence-electron chi connectivity index (χ4n) is 1.96. The minimum Gasteiger partial charge on any atom is -0.497 e. The van der Waals surface area contributed by atoms with Gasteiger partial charge in [0, 0.05) is 22.5 Å². The summed E-state index contributed by atoms with van der Waals surface area (Å²) in [4.78, 5) is 12.4. The summed E-state index contributed by atoms with van der Waals surface area (Å²) in [5.41, 5.74) is 1.22. The zero-order valence-corrected chi connectivity index (χ0v) is 13.2. The molecule has 3 nitrogen and oxygen atoms in total. The van der Waals surface area contributed by atoms with Gasteiger partial charge in [0.15, 0.2) is 5.78 Å². The summed E-state index contributed by atoms with van der Waals surface area (Å²) >= 11 is 11.9. The summed E-state index contributed by atoms with van der Waals surface area (Å²) in [7, 11) is 3.07. The smallest absolute Gasteiger partial charge is 0.171 e. The molecule has 0 aliphatic heterocycles. The Kier molecular flexibility index (Phi) is 5.10. The van der Waals surface area contributed by atoms with Crippen LogP contribution in [-0.2, 0) is 6.42 Å². The number of benzene rings is 2. The van der Waals surface area contributed by atoms with E-state index >= 15 is 0 Å². The van der Waals surface area contributed by atoms with E-state index in [-0.39, 0.29) is 12.2 Å². The predicted molar refractivity (Wildman–Crippen MR) is 84.0 cm³/mol. The Morgan fingerprint density at radius 2 is 1.81 bits per heavy atom. The highest BCUT2D eigenvalue weighted by Crippen LogP contribution is 2.27. The average Bonchev–Trinajstić information content (AvgIpc) is 2.49. The number of ketones is 1. The van der Waals surface area contributed by atoms with Crippen molar-refractivity contribution in [2.24, 2.45) is 0 Å². The second-order valence-corrected chi connectivity index (χ2v) is 5.25. The molecule has 0 radical (unpaired) electrons. The molecule has 0 atom stereocenters. The van der Waals surface area contributed by atoms with Crippen LogP contribution in [0.25, 0.3) is 0 Å². The molecule has 0 amide bonds. The summed E-state index contributed by atoms with van der Waals surface area (Å²) in [5.74, 6) is 1.02. The lowest BCUT2D eigenvalue weighted by atomic mass is 10.0. The van der Waals surface area contributed by atoms with Crippen molar-refractivity contribution in [3.63, 3.8) is 0 Å². The van der Waals surface area contributed by atoms with Crippen LogP contribution < -0.4 is 9.47 Å². The molecule has 0 spiro atoms. The Labute approximate surface area is 133 Å². The highest BCUT2D eigenvalue weighted by molar-refractivity contribution is 6.35. The summed E-state index contributed by atoms with van der Waals surface area (Å²) in [6, 6.07) is 10.2. The van der Waals surface area contributed by atoms with Crippen molar-refractivity contribution in [3.05, 3.63) is 57.6 Å². The first-order chi connectivity index (χ1) is 10.0. The van der Waals surface area contributed by atoms with E-state index in [1.807, 2.05) is 0 Å². The van der Waals surface area contributed by atoms with Crippen molar-refractivity contribution >= 4 is 29.0 Å². The van der Waals surface area contributed by atoms with Gasteiger partial charge in [-0.3, -0.25) is 4.79 Å². The molecule has 0 N–H and O–H groups in total. The number of Topliss-reactive ketones (excluding diaryl/α,β-unsaturated/α-hetero) is 1. The molecule has 2 aromatic carbocycles. The van der Waals surface area contributed by atoms with Gasteiger partial charge in [0.25, 0.3) is 0 Å². The third-order valence-corrected chi connectivity index (χ3v) is 3.66. The number of ether oxygens (including phenoxy) is 2. The minimum absolute atomic E-state index is 0.0845. The fraction of sp³-hybridized carbons (Fsp3) is 0.188. The van der Waals surface area contributed by atoms with Crippen LogP contribution in [0.4, 0.5) is 0 Å². The molecule has 0 aromatic heterocycles. The number of hydrogen-bond donors (Lipinski definition) is 0. The number of halogens is 2. The standard InChI is InChI=1S/C16H14Cl2O3/c1-20-12-5-6-13(16(9-12)21-2)15(19)7-10-3-4-11(17)8-14(10)18/h3-6,8-9H,7H2,1-2H3. The first kappa shape index (κ1) is 15.7. The predicted octanol–water partition coefficient (Wildman–Crippen LogP) is 4.44. The molecule has 110 valence electrons. The van der Waals surface area contributed by atoms with E-state index in [9.17, 15) is 4.79 Å². The van der Waals surface area contributed by atoms with Gasteiger partial charge < -0.3 is 9.47 Å². The zero-order valence-electron chi connectivity index (χ0n) is 11.7. The topological polar surface area (TPSA) is 35.5 Å². The lowest BCUT2D eigenvalue weighted by Crippen LogP contribution is -2.06. The quantitative estimate of drug-likeness (QED) is 0.763. The van der Waals surface area contributed by atoms with Gasteiger partial charge in [-0.25, -0.2) is 0 Å². The Bertz CT molecular complexity index is 669. The van der Waals surface area contributed by atoms with Crippen LogP contribution in [-0.4, -0.2) is 20.0 Å². The maximum absolute atomic E-state index is 12.4. The van der Waals surface area contributed by atoms with E-state index in [1.165, 1.54) is 7.11 Å². The Balaban J connectivity index is 2.28. The SMILES string of the molecule is COc1ccc(C(=O)Cc2ccc(Cl)cc2Cl)c(OC)c1. The summed E-state index contributed by atoms with van der Waals surface area (Å²) < 4.78 is 10.4. The fourth-order valence-corrected chi connectivity index (χ4v) is 2.44. The number of carbonyl (C=O) groups is 1. The van der Waals surface area contributed by atoms with Gasteiger partial charge in [-0.15, -0.1) is 0 Å². The molecule has 5 heteroatoms. The number of methoxy groups -OCH3 is 2. The van der Waals surface area contributed by atoms with Gasteiger partial charge in [-0.2, -0.15) is 0 Å². The highest BCUT2D eigenvalue weighted by Gasteiger charge is 2.15. The van der Waals surface area contributed by atoms with Crippen molar-refractivity contribution in [1.82, 2.24) is 0 Å². The molecular weight excluding hydrogens is 311 g/mol. The van der Waals surface area contributed by atoms with E-state index < -0.39 is 0 Å². The second-order valence-electron chi connectivity index (χ2n) is 4.40. The molecule has 21 heavy (non-hydrogen) atoms. The van der Waals surface area contributed by atoms with E-state index in [4.69, 9.17) is 32.7 Å². The van der Waals surface area contributed by atoms with Gasteiger partial charge in [-0.1, -0.05) is 29.3 Å². The highest BCUT2D eigenvalue weighted by atomic mass is 35.5. The van der Waals surface area contributed by atoms with E-state index in [0.717, 1.165) is 5.56 Å². The van der Waals surface area contributed by atoms with Crippen LogP contribution in [0, 0.1) is 0 Å². The lowest BCUT2D eigenvalue weighted by Gasteiger charge is -2.10. The maximum Gasteiger partial charge on any atom is 0.171 e. The van der Waals surface area contributed by atoms with Gasteiger partial charge in [-0.05, 0) is 29.8 Å². The minimum atomic E-state index is -0.0845. The molecular formula is C16H14Cl2O3. The Morgan fingerprint density at radius 3 is 2.43 bits per heavy atom. The molecule has 2 rings (SSSR count). The van der Waals surface area contributed by atoms with Crippen molar-refractivity contribution in [2.75, 3.05) is 14.2 Å². The molecule has 0 aliphatic carbocycles. The molecule has 0 saturated heterocycles. The van der Waals surface area contributed by atoms with Crippen molar-refractivity contribution in [1.29, 1.82) is 0 Å². The maximum atomic E-state index is 12.4. The molecule has 0 unspecified atom stereocenters. The van der Waals surface area contributed by atoms with E-state index in [0.29, 0.717) is 27.1 Å². The van der Waals surface area contributed by atoms with Crippen molar-refractivity contribution in [3.8, 4) is 11.5 Å². The first-order valence-corrected chi connectivity index (χ1v) is 7.00. The van der Waals surface area contributed by atoms with Crippen LogP contribution >= 0.6 is 23.2 Å². The zero-order chi connectivity index (χ0) is 15.4. The summed E-state index contributed by atoms with van der Waals surface area (Å²) in [5, 5.41) is 1.02. The Hall–Kier alpha value is -1.71. The van der Waals surface area contributed by atoms with Crippen LogP contribution in [0.2, 0.25) is 10.0 Å². The largest absolute Gasteiger partial charge is 0.497 e. The molecule has 2 aromatic rings. The van der Waals surface area contributed by atoms with E-state index in [1.54, 1.807) is 43.5 Å². The van der Waals surface area contributed by atoms with Crippen LogP contribution in [0.15, 0.2) is 36.4 Å². The third kappa shape index (κ3) is 3.69.